The van der Waals surface area contributed by atoms with Crippen molar-refractivity contribution < 1.29 is 8.83 Å². The maximum absolute atomic E-state index is 6.63. The van der Waals surface area contributed by atoms with E-state index >= 15 is 0 Å². The summed E-state index contributed by atoms with van der Waals surface area (Å²) >= 11 is 0. The molecular formula is C61H53BN2O2. The van der Waals surface area contributed by atoms with Gasteiger partial charge in [0.15, 0.2) is 7.28 Å². The Bertz CT molecular complexity index is 3780. The maximum atomic E-state index is 6.63. The molecule has 11 aromatic rings. The van der Waals surface area contributed by atoms with E-state index in [9.17, 15) is 0 Å². The first-order chi connectivity index (χ1) is 32.1. The average molecular weight is 857 g/mol. The smallest absolute Gasteiger partial charge is 0.198 e. The van der Waals surface area contributed by atoms with Gasteiger partial charge < -0.3 is 18.7 Å². The molecule has 0 radical (unpaired) electrons. The highest BCUT2D eigenvalue weighted by atomic mass is 16.3. The average Bonchev–Trinajstić information content (AvgIpc) is 4.00. The monoisotopic (exact) mass is 856 g/mol. The summed E-state index contributed by atoms with van der Waals surface area (Å²) in [6, 6.07) is 54.2. The fourth-order valence-corrected chi connectivity index (χ4v) is 11.8. The number of para-hydroxylation sites is 3. The zero-order chi connectivity index (χ0) is 44.5. The van der Waals surface area contributed by atoms with Crippen molar-refractivity contribution in [2.45, 2.75) is 84.0 Å². The third kappa shape index (κ3) is 5.98. The van der Waals surface area contributed by atoms with Crippen molar-refractivity contribution in [3.8, 4) is 27.9 Å². The highest BCUT2D eigenvalue weighted by molar-refractivity contribution is 6.74. The molecule has 0 saturated heterocycles. The number of anilines is 2. The lowest BCUT2D eigenvalue weighted by Gasteiger charge is -2.42. The molecule has 2 aliphatic rings. The molecule has 0 bridgehead atoms. The highest BCUT2D eigenvalue weighted by Gasteiger charge is 2.39. The van der Waals surface area contributed by atoms with Gasteiger partial charge in [-0.3, -0.25) is 0 Å². The number of hydrogen-bond donors (Lipinski definition) is 1. The molecule has 5 heteroatoms. The van der Waals surface area contributed by atoms with Gasteiger partial charge in [-0.2, -0.15) is 0 Å². The van der Waals surface area contributed by atoms with Crippen LogP contribution in [0.25, 0.3) is 93.6 Å². The van der Waals surface area contributed by atoms with Crippen molar-refractivity contribution >= 4 is 95.3 Å². The van der Waals surface area contributed by atoms with Gasteiger partial charge in [-0.05, 0) is 148 Å². The van der Waals surface area contributed by atoms with Crippen LogP contribution in [-0.2, 0) is 17.3 Å². The fraction of sp³-hybridized carbons (Fsp3) is 0.213. The van der Waals surface area contributed by atoms with Crippen LogP contribution >= 0.6 is 0 Å². The maximum Gasteiger partial charge on any atom is 0.198 e. The van der Waals surface area contributed by atoms with Crippen LogP contribution in [0.3, 0.4) is 0 Å². The van der Waals surface area contributed by atoms with E-state index in [1.807, 2.05) is 0 Å². The minimum absolute atomic E-state index is 0.0411. The predicted octanol–water partition coefficient (Wildman–Crippen LogP) is 15.4. The van der Waals surface area contributed by atoms with E-state index in [1.165, 1.54) is 91.1 Å². The van der Waals surface area contributed by atoms with Crippen LogP contribution in [-0.4, -0.2) is 11.8 Å². The first-order valence-corrected chi connectivity index (χ1v) is 24.1. The summed E-state index contributed by atoms with van der Waals surface area (Å²) in [6.07, 6.45) is 7.14. The van der Waals surface area contributed by atoms with Gasteiger partial charge >= 0.3 is 0 Å². The number of nitrogens with zero attached hydrogens (tertiary/aromatic N) is 1. The second kappa shape index (κ2) is 14.5. The van der Waals surface area contributed by atoms with E-state index in [4.69, 9.17) is 8.83 Å². The predicted molar refractivity (Wildman–Crippen MR) is 281 cm³/mol. The number of aryl methyl sites for hydroxylation is 1. The number of fused-ring (bicyclic) bond motifs is 12. The number of benzene rings is 8. The van der Waals surface area contributed by atoms with E-state index < -0.39 is 0 Å². The fourth-order valence-electron chi connectivity index (χ4n) is 11.8. The van der Waals surface area contributed by atoms with Gasteiger partial charge in [0.1, 0.15) is 22.3 Å². The van der Waals surface area contributed by atoms with Crippen LogP contribution in [0.2, 0.25) is 0 Å². The van der Waals surface area contributed by atoms with Crippen molar-refractivity contribution in [3.05, 3.63) is 162 Å². The molecular weight excluding hydrogens is 803 g/mol. The van der Waals surface area contributed by atoms with Crippen LogP contribution in [0.15, 0.2) is 154 Å². The number of aromatic nitrogens is 1. The molecule has 0 amide bonds. The molecule has 1 aliphatic heterocycles. The van der Waals surface area contributed by atoms with Crippen molar-refractivity contribution in [2.75, 3.05) is 5.32 Å². The van der Waals surface area contributed by atoms with Gasteiger partial charge in [0, 0.05) is 60.5 Å². The summed E-state index contributed by atoms with van der Waals surface area (Å²) in [5, 5.41) is 11.1. The molecule has 0 saturated carbocycles. The third-order valence-corrected chi connectivity index (χ3v) is 15.5. The second-order valence-corrected chi connectivity index (χ2v) is 20.6. The first kappa shape index (κ1) is 39.4. The number of hydrogen-bond acceptors (Lipinski definition) is 3. The van der Waals surface area contributed by atoms with Crippen molar-refractivity contribution in [1.29, 1.82) is 0 Å². The van der Waals surface area contributed by atoms with Crippen molar-refractivity contribution in [1.82, 2.24) is 4.57 Å². The molecule has 0 spiro atoms. The first-order valence-electron chi connectivity index (χ1n) is 24.1. The number of unbranched alkanes of at least 4 members (excludes halogenated alkanes) is 2. The lowest BCUT2D eigenvalue weighted by molar-refractivity contribution is 0.332. The SMILES string of the molecule is CCCCCc1ccc(Nc2ccccc2-c2cc(-c3ccc4c(c3)oc3ccccc34)c3c4cc5c(cc4n4c3c2Bc2cc3oc6ccccc6c3cc2-4)C(C)(C)CCC5(C)C)cc1. The minimum atomic E-state index is 0.0411. The summed E-state index contributed by atoms with van der Waals surface area (Å²) < 4.78 is 15.9. The zero-order valence-electron chi connectivity index (χ0n) is 38.6. The van der Waals surface area contributed by atoms with E-state index in [-0.39, 0.29) is 10.8 Å². The Morgan fingerprint density at radius 2 is 1.24 bits per heavy atom. The number of rotatable bonds is 8. The van der Waals surface area contributed by atoms with E-state index in [0.717, 1.165) is 87.4 Å². The summed E-state index contributed by atoms with van der Waals surface area (Å²) in [5.41, 5.74) is 21.4. The van der Waals surface area contributed by atoms with Crippen molar-refractivity contribution in [3.63, 3.8) is 0 Å². The molecule has 0 atom stereocenters. The Balaban J connectivity index is 1.13. The van der Waals surface area contributed by atoms with Crippen LogP contribution < -0.4 is 16.2 Å². The number of furan rings is 2. The number of nitrogens with one attached hydrogen (secondary N) is 1. The van der Waals surface area contributed by atoms with Gasteiger partial charge in [0.2, 0.25) is 0 Å². The lowest BCUT2D eigenvalue weighted by atomic mass is 9.58. The highest BCUT2D eigenvalue weighted by Crippen LogP contribution is 2.51. The summed E-state index contributed by atoms with van der Waals surface area (Å²) in [7, 11) is 0.769. The quantitative estimate of drug-likeness (QED) is 0.122. The molecule has 1 N–H and O–H groups in total. The molecule has 0 fully saturated rings. The summed E-state index contributed by atoms with van der Waals surface area (Å²) in [4.78, 5) is 0. The molecule has 4 heterocycles. The summed E-state index contributed by atoms with van der Waals surface area (Å²) in [5.74, 6) is 0. The van der Waals surface area contributed by atoms with E-state index in [0.29, 0.717) is 0 Å². The van der Waals surface area contributed by atoms with Gasteiger partial charge in [-0.25, -0.2) is 0 Å². The van der Waals surface area contributed by atoms with Gasteiger partial charge in [0.25, 0.3) is 0 Å². The normalized spacial score (nSPS) is 14.9. The van der Waals surface area contributed by atoms with Crippen molar-refractivity contribution in [2.24, 2.45) is 0 Å². The van der Waals surface area contributed by atoms with Crippen LogP contribution in [0.4, 0.5) is 11.4 Å². The molecule has 13 rings (SSSR count). The second-order valence-electron chi connectivity index (χ2n) is 20.6. The van der Waals surface area contributed by atoms with Gasteiger partial charge in [-0.15, -0.1) is 0 Å². The van der Waals surface area contributed by atoms with Crippen LogP contribution in [0, 0.1) is 0 Å². The van der Waals surface area contributed by atoms with Crippen LogP contribution in [0.5, 0.6) is 0 Å². The van der Waals surface area contributed by atoms with Crippen LogP contribution in [0.1, 0.15) is 83.4 Å². The molecule has 8 aromatic carbocycles. The Hall–Kier alpha value is -6.98. The molecule has 322 valence electrons. The van der Waals surface area contributed by atoms with E-state index in [2.05, 4.69) is 190 Å². The standard InChI is InChI=1S/C61H53BN2O2/c1-6-7-8-15-36-22-25-38(26-23-36)63-50-19-12-9-16-39(50)45-31-43(37-24-27-42-40-17-10-13-20-53(40)65-55(42)30-37)57-46-32-47-48(61(4,5)29-28-60(47,2)3)34-51(46)64-52-33-44-41-18-11-14-21-54(41)66-56(44)35-49(52)62-58(45)59(57)64/h9-14,16-27,30-35,62-63H,6-8,15,28-29H2,1-5H3. The van der Waals surface area contributed by atoms with E-state index in [1.54, 1.807) is 0 Å². The molecule has 0 unspecified atom stereocenters. The van der Waals surface area contributed by atoms with Gasteiger partial charge in [0.05, 0.1) is 5.52 Å². The molecule has 4 nitrogen and oxygen atoms in total. The third-order valence-electron chi connectivity index (χ3n) is 15.5. The Kier molecular flexibility index (Phi) is 8.66. The molecule has 3 aromatic heterocycles. The van der Waals surface area contributed by atoms with Gasteiger partial charge in [-0.1, -0.05) is 126 Å². The minimum Gasteiger partial charge on any atom is -0.456 e. The Morgan fingerprint density at radius 1 is 0.576 bits per heavy atom. The summed E-state index contributed by atoms with van der Waals surface area (Å²) in [6.45, 7) is 12.1. The molecule has 66 heavy (non-hydrogen) atoms. The lowest BCUT2D eigenvalue weighted by Crippen LogP contribution is -2.37. The largest absolute Gasteiger partial charge is 0.456 e. The Labute approximate surface area is 386 Å². The molecule has 1 aliphatic carbocycles. The topological polar surface area (TPSA) is 43.2 Å². The Morgan fingerprint density at radius 3 is 2.00 bits per heavy atom. The zero-order valence-corrected chi connectivity index (χ0v) is 38.6.